The number of anilines is 2. The lowest BCUT2D eigenvalue weighted by Gasteiger charge is -2.48. The van der Waals surface area contributed by atoms with Gasteiger partial charge in [0.15, 0.2) is 23.7 Å². The molecule has 34 heavy (non-hydrogen) atoms. The molecular weight excluding hydrogens is 462 g/mol. The zero-order valence-electron chi connectivity index (χ0n) is 18.9. The van der Waals surface area contributed by atoms with Crippen LogP contribution in [0.25, 0.3) is 0 Å². The van der Waals surface area contributed by atoms with Crippen LogP contribution in [0.2, 0.25) is 0 Å². The molecule has 4 nitrogen and oxygen atoms in total. The minimum atomic E-state index is -4.60. The highest BCUT2D eigenvalue weighted by Crippen LogP contribution is 2.38. The van der Waals surface area contributed by atoms with Crippen LogP contribution in [0.1, 0.15) is 38.8 Å². The van der Waals surface area contributed by atoms with Gasteiger partial charge in [0.25, 0.3) is 0 Å². The van der Waals surface area contributed by atoms with Gasteiger partial charge < -0.3 is 9.80 Å². The van der Waals surface area contributed by atoms with Gasteiger partial charge in [-0.05, 0) is 64.1 Å². The van der Waals surface area contributed by atoms with Crippen LogP contribution < -0.4 is 9.80 Å². The van der Waals surface area contributed by atoms with Crippen LogP contribution in [-0.2, 0) is 21.9 Å². The van der Waals surface area contributed by atoms with Crippen LogP contribution in [0.15, 0.2) is 48.5 Å². The molecule has 184 valence electrons. The average Bonchev–Trinajstić information content (AvgIpc) is 2.73. The van der Waals surface area contributed by atoms with Crippen LogP contribution in [0.3, 0.4) is 0 Å². The van der Waals surface area contributed by atoms with Crippen molar-refractivity contribution in [2.45, 2.75) is 64.2 Å². The summed E-state index contributed by atoms with van der Waals surface area (Å²) in [5.74, 6) is -1.16. The van der Waals surface area contributed by atoms with Crippen molar-refractivity contribution >= 4 is 22.9 Å². The highest BCUT2D eigenvalue weighted by molar-refractivity contribution is 6.33. The van der Waals surface area contributed by atoms with Crippen molar-refractivity contribution in [1.82, 2.24) is 0 Å². The van der Waals surface area contributed by atoms with Gasteiger partial charge in [-0.25, -0.2) is 0 Å². The van der Waals surface area contributed by atoms with E-state index in [1.165, 1.54) is 34.1 Å². The Balaban J connectivity index is 1.97. The second-order valence-corrected chi connectivity index (χ2v) is 8.71. The van der Waals surface area contributed by atoms with Gasteiger partial charge in [-0.3, -0.25) is 9.59 Å². The van der Waals surface area contributed by atoms with E-state index in [0.717, 1.165) is 24.3 Å². The van der Waals surface area contributed by atoms with Crippen molar-refractivity contribution in [3.8, 4) is 0 Å². The first-order valence-electron chi connectivity index (χ1n) is 10.6. The normalized spacial score (nSPS) is 18.9. The van der Waals surface area contributed by atoms with E-state index in [4.69, 9.17) is 0 Å². The van der Waals surface area contributed by atoms with Crippen molar-refractivity contribution in [1.29, 1.82) is 0 Å². The van der Waals surface area contributed by atoms with Gasteiger partial charge in [-0.2, -0.15) is 26.3 Å². The monoisotopic (exact) mass is 486 g/mol. The lowest BCUT2D eigenvalue weighted by Crippen LogP contribution is -2.72. The molecule has 1 aliphatic rings. The standard InChI is InChI=1S/C24H24F6N2O2/c1-13(2)31(17-9-5-7-15(11-17)23(25,26)27)19-21(33)20(22(19)34)32(14(3)4)18-10-6-8-16(12-18)24(28,29)30/h5-14,19-20H,1-4H3. The van der Waals surface area contributed by atoms with Crippen LogP contribution in [0, 0.1) is 0 Å². The maximum Gasteiger partial charge on any atom is 0.416 e. The van der Waals surface area contributed by atoms with Crippen molar-refractivity contribution in [3.63, 3.8) is 0 Å². The van der Waals surface area contributed by atoms with Crippen molar-refractivity contribution < 1.29 is 35.9 Å². The molecular formula is C24H24F6N2O2. The lowest BCUT2D eigenvalue weighted by atomic mass is 9.79. The molecule has 1 aliphatic carbocycles. The second-order valence-electron chi connectivity index (χ2n) is 8.71. The number of carbonyl (C=O) groups is 2. The predicted octanol–water partition coefficient (Wildman–Crippen LogP) is 5.74. The summed E-state index contributed by atoms with van der Waals surface area (Å²) in [5.41, 5.74) is -1.71. The number of nitrogens with zero attached hydrogens (tertiary/aromatic N) is 2. The van der Waals surface area contributed by atoms with E-state index < -0.39 is 59.2 Å². The molecule has 0 unspecified atom stereocenters. The third kappa shape index (κ3) is 4.76. The average molecular weight is 486 g/mol. The number of halogens is 6. The molecule has 0 atom stereocenters. The largest absolute Gasteiger partial charge is 0.416 e. The van der Waals surface area contributed by atoms with Gasteiger partial charge in [0.05, 0.1) is 11.1 Å². The van der Waals surface area contributed by atoms with Crippen molar-refractivity contribution in [2.75, 3.05) is 9.80 Å². The number of benzene rings is 2. The zero-order chi connectivity index (χ0) is 25.6. The Kier molecular flexibility index (Phi) is 6.74. The molecule has 1 fully saturated rings. The van der Waals surface area contributed by atoms with E-state index in [0.29, 0.717) is 0 Å². The van der Waals surface area contributed by atoms with Crippen LogP contribution >= 0.6 is 0 Å². The van der Waals surface area contributed by atoms with Gasteiger partial charge in [0.1, 0.15) is 0 Å². The first-order chi connectivity index (χ1) is 15.6. The summed E-state index contributed by atoms with van der Waals surface area (Å²) >= 11 is 0. The first kappa shape index (κ1) is 25.6. The Bertz CT molecular complexity index is 980. The lowest BCUT2D eigenvalue weighted by molar-refractivity contribution is -0.142. The third-order valence-corrected chi connectivity index (χ3v) is 5.69. The quantitative estimate of drug-likeness (QED) is 0.386. The number of rotatable bonds is 6. The van der Waals surface area contributed by atoms with Crippen LogP contribution in [0.4, 0.5) is 37.7 Å². The van der Waals surface area contributed by atoms with Gasteiger partial charge in [-0.1, -0.05) is 12.1 Å². The zero-order valence-corrected chi connectivity index (χ0v) is 18.9. The van der Waals surface area contributed by atoms with Crippen LogP contribution in [-0.4, -0.2) is 35.7 Å². The molecule has 2 aromatic rings. The number of Topliss-reactive ketones (excluding diaryl/α,β-unsaturated/α-hetero) is 2. The van der Waals surface area contributed by atoms with E-state index >= 15 is 0 Å². The molecule has 0 aromatic heterocycles. The molecule has 0 radical (unpaired) electrons. The second kappa shape index (κ2) is 8.96. The molecule has 10 heteroatoms. The summed E-state index contributed by atoms with van der Waals surface area (Å²) in [6, 6.07) is 5.04. The van der Waals surface area contributed by atoms with E-state index in [1.54, 1.807) is 27.7 Å². The smallest absolute Gasteiger partial charge is 0.352 e. The van der Waals surface area contributed by atoms with Gasteiger partial charge in [0.2, 0.25) is 0 Å². The molecule has 3 rings (SSSR count). The topological polar surface area (TPSA) is 40.6 Å². The van der Waals surface area contributed by atoms with Crippen molar-refractivity contribution in [2.24, 2.45) is 0 Å². The number of hydrogen-bond donors (Lipinski definition) is 0. The molecule has 0 bridgehead atoms. The van der Waals surface area contributed by atoms with E-state index in [9.17, 15) is 35.9 Å². The van der Waals surface area contributed by atoms with Gasteiger partial charge in [-0.15, -0.1) is 0 Å². The summed E-state index contributed by atoms with van der Waals surface area (Å²) in [7, 11) is 0. The Hall–Kier alpha value is -3.04. The molecule has 0 N–H and O–H groups in total. The van der Waals surface area contributed by atoms with Gasteiger partial charge >= 0.3 is 12.4 Å². The fourth-order valence-corrected chi connectivity index (χ4v) is 4.21. The predicted molar refractivity (Wildman–Crippen MR) is 116 cm³/mol. The molecule has 0 saturated heterocycles. The summed E-state index contributed by atoms with van der Waals surface area (Å²) in [6.07, 6.45) is -9.21. The fourth-order valence-electron chi connectivity index (χ4n) is 4.21. The fraction of sp³-hybridized carbons (Fsp3) is 0.417. The maximum atomic E-state index is 13.2. The summed E-state index contributed by atoms with van der Waals surface area (Å²) < 4.78 is 79.2. The number of ketones is 2. The molecule has 0 amide bonds. The molecule has 0 aliphatic heterocycles. The molecule has 2 aromatic carbocycles. The summed E-state index contributed by atoms with van der Waals surface area (Å²) in [6.45, 7) is 6.56. The Morgan fingerprint density at radius 3 is 1.24 bits per heavy atom. The van der Waals surface area contributed by atoms with Gasteiger partial charge in [0, 0.05) is 23.5 Å². The van der Waals surface area contributed by atoms with Crippen LogP contribution in [0.5, 0.6) is 0 Å². The Labute approximate surface area is 193 Å². The Morgan fingerprint density at radius 1 is 0.647 bits per heavy atom. The van der Waals surface area contributed by atoms with E-state index in [-0.39, 0.29) is 11.4 Å². The number of carbonyl (C=O) groups excluding carboxylic acids is 2. The SMILES string of the molecule is CC(C)N(c1cccc(C(F)(F)F)c1)C1C(=O)C(N(c2cccc(C(F)(F)F)c2)C(C)C)C1=O. The third-order valence-electron chi connectivity index (χ3n) is 5.69. The Morgan fingerprint density at radius 2 is 0.971 bits per heavy atom. The van der Waals surface area contributed by atoms with E-state index in [1.807, 2.05) is 0 Å². The number of alkyl halides is 6. The maximum absolute atomic E-state index is 13.2. The highest BCUT2D eigenvalue weighted by atomic mass is 19.4. The summed E-state index contributed by atoms with van der Waals surface area (Å²) in [4.78, 5) is 29.1. The molecule has 1 saturated carbocycles. The highest BCUT2D eigenvalue weighted by Gasteiger charge is 2.56. The molecule has 0 heterocycles. The summed E-state index contributed by atoms with van der Waals surface area (Å²) in [5, 5.41) is 0. The number of hydrogen-bond acceptors (Lipinski definition) is 4. The minimum Gasteiger partial charge on any atom is -0.352 e. The first-order valence-corrected chi connectivity index (χ1v) is 10.6. The molecule has 0 spiro atoms. The minimum absolute atomic E-state index is 0.0603. The van der Waals surface area contributed by atoms with Crippen molar-refractivity contribution in [3.05, 3.63) is 59.7 Å². The van der Waals surface area contributed by atoms with E-state index in [2.05, 4.69) is 0 Å².